The number of hydrogen-bond donors (Lipinski definition) is 0. The molecule has 0 saturated heterocycles. The molecule has 21 heavy (non-hydrogen) atoms. The number of aryl methyl sites for hydroxylation is 2. The van der Waals surface area contributed by atoms with E-state index in [1.807, 2.05) is 13.0 Å². The average molecular weight is 290 g/mol. The smallest absolute Gasteiger partial charge is 0.347 e. The minimum absolute atomic E-state index is 0.303. The SMILES string of the molecule is CCOC(=O)[C@@H](C)Oc1ccc2c(C)cc(=O)oc2c1C. The van der Waals surface area contributed by atoms with Crippen LogP contribution in [0.1, 0.15) is 25.0 Å². The number of benzene rings is 1. The van der Waals surface area contributed by atoms with Crippen molar-refractivity contribution in [2.75, 3.05) is 6.61 Å². The Balaban J connectivity index is 2.40. The van der Waals surface area contributed by atoms with Crippen LogP contribution in [-0.2, 0) is 9.53 Å². The number of rotatable bonds is 4. The molecule has 0 N–H and O–H groups in total. The molecule has 0 aliphatic rings. The molecular weight excluding hydrogens is 272 g/mol. The Morgan fingerprint density at radius 1 is 1.33 bits per heavy atom. The van der Waals surface area contributed by atoms with Crippen LogP contribution in [0.4, 0.5) is 0 Å². The fourth-order valence-electron chi connectivity index (χ4n) is 2.13. The summed E-state index contributed by atoms with van der Waals surface area (Å²) in [5.41, 5.74) is 1.60. The van der Waals surface area contributed by atoms with E-state index in [4.69, 9.17) is 13.9 Å². The van der Waals surface area contributed by atoms with Gasteiger partial charge in [0.1, 0.15) is 11.3 Å². The van der Waals surface area contributed by atoms with Crippen molar-refractivity contribution in [1.29, 1.82) is 0 Å². The van der Waals surface area contributed by atoms with Crippen molar-refractivity contribution in [3.05, 3.63) is 39.7 Å². The molecule has 0 saturated carbocycles. The van der Waals surface area contributed by atoms with Gasteiger partial charge in [-0.3, -0.25) is 0 Å². The first kappa shape index (κ1) is 15.1. The van der Waals surface area contributed by atoms with Crippen LogP contribution in [0, 0.1) is 13.8 Å². The quantitative estimate of drug-likeness (QED) is 0.640. The van der Waals surface area contributed by atoms with Gasteiger partial charge in [0.15, 0.2) is 6.10 Å². The number of hydrogen-bond acceptors (Lipinski definition) is 5. The van der Waals surface area contributed by atoms with Crippen molar-refractivity contribution in [1.82, 2.24) is 0 Å². The molecule has 1 aromatic carbocycles. The molecule has 0 aliphatic carbocycles. The Bertz CT molecular complexity index is 729. The zero-order valence-corrected chi connectivity index (χ0v) is 12.6. The van der Waals surface area contributed by atoms with Crippen LogP contribution in [0.25, 0.3) is 11.0 Å². The highest BCUT2D eigenvalue weighted by Gasteiger charge is 2.18. The van der Waals surface area contributed by atoms with E-state index in [9.17, 15) is 9.59 Å². The van der Waals surface area contributed by atoms with Crippen molar-refractivity contribution >= 4 is 16.9 Å². The fourth-order valence-corrected chi connectivity index (χ4v) is 2.13. The molecule has 0 bridgehead atoms. The number of carbonyl (C=O) groups is 1. The molecule has 2 aromatic rings. The van der Waals surface area contributed by atoms with Crippen LogP contribution in [0.5, 0.6) is 5.75 Å². The molecule has 5 heteroatoms. The second-order valence-electron chi connectivity index (χ2n) is 4.83. The average Bonchev–Trinajstić information content (AvgIpc) is 2.42. The van der Waals surface area contributed by atoms with Crippen molar-refractivity contribution in [2.45, 2.75) is 33.8 Å². The van der Waals surface area contributed by atoms with E-state index in [1.54, 1.807) is 26.8 Å². The lowest BCUT2D eigenvalue weighted by Gasteiger charge is -2.16. The van der Waals surface area contributed by atoms with Gasteiger partial charge >= 0.3 is 11.6 Å². The summed E-state index contributed by atoms with van der Waals surface area (Å²) in [5, 5.41) is 0.850. The zero-order valence-electron chi connectivity index (χ0n) is 12.6. The van der Waals surface area contributed by atoms with Crippen LogP contribution in [0.3, 0.4) is 0 Å². The highest BCUT2D eigenvalue weighted by Crippen LogP contribution is 2.28. The summed E-state index contributed by atoms with van der Waals surface area (Å²) in [6.07, 6.45) is -0.724. The number of fused-ring (bicyclic) bond motifs is 1. The molecule has 0 spiro atoms. The number of ether oxygens (including phenoxy) is 2. The third-order valence-corrected chi connectivity index (χ3v) is 3.24. The van der Waals surface area contributed by atoms with E-state index >= 15 is 0 Å². The van der Waals surface area contributed by atoms with Crippen LogP contribution < -0.4 is 10.4 Å². The van der Waals surface area contributed by atoms with E-state index in [1.165, 1.54) is 6.07 Å². The van der Waals surface area contributed by atoms with Crippen LogP contribution in [0.15, 0.2) is 27.4 Å². The molecule has 1 atom stereocenters. The normalized spacial score (nSPS) is 12.2. The molecular formula is C16H18O5. The Morgan fingerprint density at radius 3 is 2.71 bits per heavy atom. The van der Waals surface area contributed by atoms with E-state index in [0.717, 1.165) is 10.9 Å². The summed E-state index contributed by atoms with van der Waals surface area (Å²) in [5.74, 6) is 0.0690. The first-order valence-corrected chi connectivity index (χ1v) is 6.81. The molecule has 112 valence electrons. The summed E-state index contributed by atoms with van der Waals surface area (Å²) in [6.45, 7) is 7.30. The third-order valence-electron chi connectivity index (χ3n) is 3.24. The lowest BCUT2D eigenvalue weighted by Crippen LogP contribution is -2.26. The van der Waals surface area contributed by atoms with E-state index in [0.29, 0.717) is 23.5 Å². The van der Waals surface area contributed by atoms with Gasteiger partial charge in [-0.05, 0) is 45.4 Å². The van der Waals surface area contributed by atoms with Crippen LogP contribution >= 0.6 is 0 Å². The largest absolute Gasteiger partial charge is 0.479 e. The van der Waals surface area contributed by atoms with Crippen molar-refractivity contribution < 1.29 is 18.7 Å². The second kappa shape index (κ2) is 5.99. The zero-order chi connectivity index (χ0) is 15.6. The summed E-state index contributed by atoms with van der Waals surface area (Å²) >= 11 is 0. The highest BCUT2D eigenvalue weighted by atomic mass is 16.6. The number of carbonyl (C=O) groups excluding carboxylic acids is 1. The van der Waals surface area contributed by atoms with E-state index in [-0.39, 0.29) is 0 Å². The molecule has 0 aliphatic heterocycles. The maximum absolute atomic E-state index is 11.6. The maximum Gasteiger partial charge on any atom is 0.347 e. The predicted molar refractivity (Wildman–Crippen MR) is 78.7 cm³/mol. The summed E-state index contributed by atoms with van der Waals surface area (Å²) in [7, 11) is 0. The molecule has 0 radical (unpaired) electrons. The van der Waals surface area contributed by atoms with Gasteiger partial charge in [0.05, 0.1) is 6.61 Å². The van der Waals surface area contributed by atoms with Crippen molar-refractivity contribution in [3.63, 3.8) is 0 Å². The fraction of sp³-hybridized carbons (Fsp3) is 0.375. The van der Waals surface area contributed by atoms with E-state index < -0.39 is 17.7 Å². The minimum atomic E-state index is -0.724. The van der Waals surface area contributed by atoms with Gasteiger partial charge in [0, 0.05) is 17.0 Å². The number of esters is 1. The van der Waals surface area contributed by atoms with Crippen LogP contribution in [-0.4, -0.2) is 18.7 Å². The van der Waals surface area contributed by atoms with Gasteiger partial charge in [-0.1, -0.05) is 0 Å². The van der Waals surface area contributed by atoms with Crippen molar-refractivity contribution in [2.24, 2.45) is 0 Å². The van der Waals surface area contributed by atoms with Gasteiger partial charge in [0.25, 0.3) is 0 Å². The summed E-state index contributed by atoms with van der Waals surface area (Å²) in [6, 6.07) is 5.03. The standard InChI is InChI=1S/C16H18O5/c1-5-19-16(18)11(4)20-13-7-6-12-9(2)8-14(17)21-15(12)10(13)3/h6-8,11H,5H2,1-4H3/t11-/m1/s1. The summed E-state index contributed by atoms with van der Waals surface area (Å²) in [4.78, 5) is 23.1. The summed E-state index contributed by atoms with van der Waals surface area (Å²) < 4.78 is 15.8. The van der Waals surface area contributed by atoms with Crippen LogP contribution in [0.2, 0.25) is 0 Å². The first-order chi connectivity index (χ1) is 9.93. The molecule has 0 unspecified atom stereocenters. The van der Waals surface area contributed by atoms with Gasteiger partial charge in [-0.15, -0.1) is 0 Å². The monoisotopic (exact) mass is 290 g/mol. The molecule has 1 aromatic heterocycles. The Hall–Kier alpha value is -2.30. The minimum Gasteiger partial charge on any atom is -0.479 e. The topological polar surface area (TPSA) is 65.7 Å². The highest BCUT2D eigenvalue weighted by molar-refractivity contribution is 5.85. The van der Waals surface area contributed by atoms with Gasteiger partial charge in [0.2, 0.25) is 0 Å². The predicted octanol–water partition coefficient (Wildman–Crippen LogP) is 2.74. The van der Waals surface area contributed by atoms with E-state index in [2.05, 4.69) is 0 Å². The molecule has 0 fully saturated rings. The second-order valence-corrected chi connectivity index (χ2v) is 4.83. The van der Waals surface area contributed by atoms with Gasteiger partial charge in [-0.2, -0.15) is 0 Å². The lowest BCUT2D eigenvalue weighted by molar-refractivity contribution is -0.150. The van der Waals surface area contributed by atoms with Crippen molar-refractivity contribution in [3.8, 4) is 5.75 Å². The Labute approximate surface area is 122 Å². The third kappa shape index (κ3) is 3.07. The molecule has 5 nitrogen and oxygen atoms in total. The first-order valence-electron chi connectivity index (χ1n) is 6.81. The lowest BCUT2D eigenvalue weighted by atomic mass is 10.1. The van der Waals surface area contributed by atoms with Gasteiger partial charge < -0.3 is 13.9 Å². The Morgan fingerprint density at radius 2 is 2.05 bits per heavy atom. The maximum atomic E-state index is 11.6. The Kier molecular flexibility index (Phi) is 4.31. The molecule has 2 rings (SSSR count). The molecule has 1 heterocycles. The molecule has 0 amide bonds. The van der Waals surface area contributed by atoms with Gasteiger partial charge in [-0.25, -0.2) is 9.59 Å².